The summed E-state index contributed by atoms with van der Waals surface area (Å²) in [6.45, 7) is 0.0569. The first kappa shape index (κ1) is 19.8. The van der Waals surface area contributed by atoms with Gasteiger partial charge < -0.3 is 14.2 Å². The third-order valence-corrected chi connectivity index (χ3v) is 4.46. The van der Waals surface area contributed by atoms with E-state index in [1.807, 2.05) is 0 Å². The van der Waals surface area contributed by atoms with E-state index < -0.39 is 29.7 Å². The molecule has 2 aromatic carbocycles. The lowest BCUT2D eigenvalue weighted by Gasteiger charge is -2.16. The number of alkyl halides is 3. The molecule has 0 radical (unpaired) electrons. The second-order valence-corrected chi connectivity index (χ2v) is 6.53. The lowest BCUT2D eigenvalue weighted by atomic mass is 10.1. The SMILES string of the molecule is O=C1CC(c2nc(-c3ccc(OC(F)(F)F)cc3)no2)CN1c1ccc(F)cc1F. The molecular weight excluding hydrogens is 413 g/mol. The van der Waals surface area contributed by atoms with Gasteiger partial charge >= 0.3 is 6.36 Å². The molecule has 1 fully saturated rings. The summed E-state index contributed by atoms with van der Waals surface area (Å²) in [6, 6.07) is 7.79. The van der Waals surface area contributed by atoms with E-state index in [0.29, 0.717) is 11.6 Å². The molecule has 0 bridgehead atoms. The van der Waals surface area contributed by atoms with Crippen LogP contribution >= 0.6 is 0 Å². The Morgan fingerprint density at radius 1 is 1.10 bits per heavy atom. The number of aromatic nitrogens is 2. The Bertz CT molecular complexity index is 1080. The van der Waals surface area contributed by atoms with E-state index in [9.17, 15) is 26.7 Å². The zero-order chi connectivity index (χ0) is 21.5. The van der Waals surface area contributed by atoms with Gasteiger partial charge in [-0.25, -0.2) is 8.78 Å². The Balaban J connectivity index is 1.50. The average Bonchev–Trinajstić information content (AvgIpc) is 3.28. The van der Waals surface area contributed by atoms with Crippen LogP contribution in [0, 0.1) is 11.6 Å². The molecule has 1 aliphatic rings. The topological polar surface area (TPSA) is 68.5 Å². The smallest absolute Gasteiger partial charge is 0.406 e. The maximum atomic E-state index is 14.0. The molecule has 2 heterocycles. The molecule has 1 amide bonds. The predicted octanol–water partition coefficient (Wildman–Crippen LogP) is 4.43. The largest absolute Gasteiger partial charge is 0.573 e. The molecule has 156 valence electrons. The summed E-state index contributed by atoms with van der Waals surface area (Å²) in [5.41, 5.74) is 0.328. The highest BCUT2D eigenvalue weighted by Crippen LogP contribution is 2.33. The number of hydrogen-bond acceptors (Lipinski definition) is 5. The lowest BCUT2D eigenvalue weighted by Crippen LogP contribution is -2.25. The van der Waals surface area contributed by atoms with Crippen LogP contribution in [-0.4, -0.2) is 29.0 Å². The number of amides is 1. The fourth-order valence-corrected chi connectivity index (χ4v) is 3.13. The minimum atomic E-state index is -4.80. The molecule has 30 heavy (non-hydrogen) atoms. The van der Waals surface area contributed by atoms with Gasteiger partial charge in [-0.1, -0.05) is 5.16 Å². The third-order valence-electron chi connectivity index (χ3n) is 4.46. The molecule has 0 spiro atoms. The number of carbonyl (C=O) groups excluding carboxylic acids is 1. The molecule has 11 heteroatoms. The van der Waals surface area contributed by atoms with Crippen molar-refractivity contribution in [3.05, 3.63) is 60.0 Å². The van der Waals surface area contributed by atoms with Gasteiger partial charge in [-0.15, -0.1) is 13.2 Å². The van der Waals surface area contributed by atoms with Crippen LogP contribution in [-0.2, 0) is 4.79 Å². The van der Waals surface area contributed by atoms with Gasteiger partial charge in [-0.2, -0.15) is 4.98 Å². The minimum absolute atomic E-state index is 0.0171. The van der Waals surface area contributed by atoms with Crippen molar-refractivity contribution >= 4 is 11.6 Å². The number of carbonyl (C=O) groups is 1. The zero-order valence-electron chi connectivity index (χ0n) is 15.0. The number of halogens is 5. The van der Waals surface area contributed by atoms with Crippen molar-refractivity contribution in [1.82, 2.24) is 10.1 Å². The van der Waals surface area contributed by atoms with E-state index in [2.05, 4.69) is 14.9 Å². The number of ether oxygens (including phenoxy) is 1. The van der Waals surface area contributed by atoms with Gasteiger partial charge in [0.15, 0.2) is 0 Å². The second-order valence-electron chi connectivity index (χ2n) is 6.53. The van der Waals surface area contributed by atoms with Gasteiger partial charge in [0.25, 0.3) is 0 Å². The summed E-state index contributed by atoms with van der Waals surface area (Å²) >= 11 is 0. The molecule has 6 nitrogen and oxygen atoms in total. The number of nitrogens with zero attached hydrogens (tertiary/aromatic N) is 3. The average molecular weight is 425 g/mol. The molecule has 1 atom stereocenters. The first-order valence-electron chi connectivity index (χ1n) is 8.65. The first-order chi connectivity index (χ1) is 14.2. The predicted molar refractivity (Wildman–Crippen MR) is 92.5 cm³/mol. The van der Waals surface area contributed by atoms with Crippen molar-refractivity contribution < 1.29 is 36.0 Å². The van der Waals surface area contributed by atoms with Crippen LogP contribution in [0.4, 0.5) is 27.6 Å². The van der Waals surface area contributed by atoms with Gasteiger partial charge in [0.1, 0.15) is 17.4 Å². The summed E-state index contributed by atoms with van der Waals surface area (Å²) in [6.07, 6.45) is -4.82. The zero-order valence-corrected chi connectivity index (χ0v) is 15.0. The fourth-order valence-electron chi connectivity index (χ4n) is 3.13. The monoisotopic (exact) mass is 425 g/mol. The van der Waals surface area contributed by atoms with E-state index in [-0.39, 0.29) is 36.3 Å². The van der Waals surface area contributed by atoms with Crippen molar-refractivity contribution in [2.24, 2.45) is 0 Å². The van der Waals surface area contributed by atoms with Gasteiger partial charge in [0.2, 0.25) is 17.6 Å². The molecule has 0 aliphatic carbocycles. The van der Waals surface area contributed by atoms with Crippen molar-refractivity contribution in [2.45, 2.75) is 18.7 Å². The molecule has 1 unspecified atom stereocenters. The van der Waals surface area contributed by atoms with Crippen molar-refractivity contribution in [3.63, 3.8) is 0 Å². The normalized spacial score (nSPS) is 16.9. The van der Waals surface area contributed by atoms with E-state index in [1.54, 1.807) is 0 Å². The van der Waals surface area contributed by atoms with Crippen LogP contribution in [0.3, 0.4) is 0 Å². The standard InChI is InChI=1S/C19H12F5N3O3/c20-12-3-6-15(14(21)8-12)27-9-11(7-16(27)28)18-25-17(26-30-18)10-1-4-13(5-2-10)29-19(22,23)24/h1-6,8,11H,7,9H2. The fraction of sp³-hybridized carbons (Fsp3) is 0.211. The Morgan fingerprint density at radius 3 is 2.50 bits per heavy atom. The van der Waals surface area contributed by atoms with Crippen LogP contribution in [0.15, 0.2) is 47.0 Å². The summed E-state index contributed by atoms with van der Waals surface area (Å²) in [5.74, 6) is -2.69. The first-order valence-corrected chi connectivity index (χ1v) is 8.65. The van der Waals surface area contributed by atoms with Gasteiger partial charge in [-0.05, 0) is 36.4 Å². The van der Waals surface area contributed by atoms with Crippen LogP contribution in [0.5, 0.6) is 5.75 Å². The highest BCUT2D eigenvalue weighted by atomic mass is 19.4. The third kappa shape index (κ3) is 4.09. The van der Waals surface area contributed by atoms with Crippen LogP contribution in [0.2, 0.25) is 0 Å². The van der Waals surface area contributed by atoms with Crippen LogP contribution < -0.4 is 9.64 Å². The number of rotatable bonds is 4. The Hall–Kier alpha value is -3.50. The minimum Gasteiger partial charge on any atom is -0.406 e. The second kappa shape index (κ2) is 7.39. The molecule has 0 N–H and O–H groups in total. The molecule has 1 aliphatic heterocycles. The van der Waals surface area contributed by atoms with E-state index >= 15 is 0 Å². The molecular formula is C19H12F5N3O3. The van der Waals surface area contributed by atoms with Gasteiger partial charge in [0, 0.05) is 24.6 Å². The number of benzene rings is 2. The molecule has 1 saturated heterocycles. The Morgan fingerprint density at radius 2 is 1.83 bits per heavy atom. The lowest BCUT2D eigenvalue weighted by molar-refractivity contribution is -0.274. The number of hydrogen-bond donors (Lipinski definition) is 0. The summed E-state index contributed by atoms with van der Waals surface area (Å²) in [5, 5.41) is 3.78. The quantitative estimate of drug-likeness (QED) is 0.579. The summed E-state index contributed by atoms with van der Waals surface area (Å²) in [4.78, 5) is 17.7. The Kier molecular flexibility index (Phi) is 4.88. The van der Waals surface area contributed by atoms with Crippen LogP contribution in [0.1, 0.15) is 18.2 Å². The van der Waals surface area contributed by atoms with E-state index in [0.717, 1.165) is 18.2 Å². The van der Waals surface area contributed by atoms with Crippen molar-refractivity contribution in [3.8, 4) is 17.1 Å². The van der Waals surface area contributed by atoms with Crippen molar-refractivity contribution in [2.75, 3.05) is 11.4 Å². The molecule has 4 rings (SSSR count). The Labute approximate surface area is 165 Å². The van der Waals surface area contributed by atoms with E-state index in [1.165, 1.54) is 23.1 Å². The van der Waals surface area contributed by atoms with E-state index in [4.69, 9.17) is 4.52 Å². The molecule has 1 aromatic heterocycles. The van der Waals surface area contributed by atoms with Gasteiger partial charge in [-0.3, -0.25) is 4.79 Å². The summed E-state index contributed by atoms with van der Waals surface area (Å²) < 4.78 is 72.8. The van der Waals surface area contributed by atoms with Crippen LogP contribution in [0.25, 0.3) is 11.4 Å². The van der Waals surface area contributed by atoms with Crippen molar-refractivity contribution in [1.29, 1.82) is 0 Å². The molecule has 0 saturated carbocycles. The van der Waals surface area contributed by atoms with Gasteiger partial charge in [0.05, 0.1) is 11.6 Å². The highest BCUT2D eigenvalue weighted by Gasteiger charge is 2.36. The highest BCUT2D eigenvalue weighted by molar-refractivity contribution is 5.96. The maximum absolute atomic E-state index is 14.0. The molecule has 3 aromatic rings. The number of anilines is 1. The maximum Gasteiger partial charge on any atom is 0.573 e. The summed E-state index contributed by atoms with van der Waals surface area (Å²) in [7, 11) is 0.